The van der Waals surface area contributed by atoms with Gasteiger partial charge in [-0.05, 0) is 24.3 Å². The molecule has 0 atom stereocenters. The van der Waals surface area contributed by atoms with Crippen molar-refractivity contribution in [2.75, 3.05) is 13.7 Å². The normalized spacial score (nSPS) is 13.8. The number of benzene rings is 2. The van der Waals surface area contributed by atoms with E-state index in [0.717, 1.165) is 10.9 Å². The van der Waals surface area contributed by atoms with Crippen LogP contribution in [-0.4, -0.2) is 36.1 Å². The van der Waals surface area contributed by atoms with Crippen LogP contribution in [0.25, 0.3) is 17.0 Å². The zero-order chi connectivity index (χ0) is 21.1. The number of aromatic nitrogens is 1. The van der Waals surface area contributed by atoms with E-state index in [1.165, 1.54) is 6.08 Å². The number of para-hydroxylation sites is 3. The van der Waals surface area contributed by atoms with Crippen molar-refractivity contribution in [2.24, 2.45) is 0 Å². The molecular formula is C22H19N3O5. The first-order valence-corrected chi connectivity index (χ1v) is 9.29. The minimum atomic E-state index is -0.821. The molecule has 4 rings (SSSR count). The lowest BCUT2D eigenvalue weighted by atomic mass is 10.1. The Bertz CT molecular complexity index is 1160. The highest BCUT2D eigenvalue weighted by Gasteiger charge is 2.28. The standard InChI is InChI=1S/C22H19N3O5/c1-29-18-8-4-5-9-19(18)30-11-10-25-13-14(15-6-2-3-7-17(15)25)12-16-20(26)23-22(28)24-21(16)27/h2-9,12-13H,10-11H2,1H3,(H2,23,24,26,27,28). The maximum Gasteiger partial charge on any atom is 0.328 e. The molecule has 2 aromatic carbocycles. The molecule has 0 aliphatic carbocycles. The lowest BCUT2D eigenvalue weighted by Gasteiger charge is -2.13. The summed E-state index contributed by atoms with van der Waals surface area (Å²) in [7, 11) is 1.59. The summed E-state index contributed by atoms with van der Waals surface area (Å²) >= 11 is 0. The quantitative estimate of drug-likeness (QED) is 0.485. The molecule has 1 aliphatic heterocycles. The number of fused-ring (bicyclic) bond motifs is 1. The first-order chi connectivity index (χ1) is 14.6. The summed E-state index contributed by atoms with van der Waals surface area (Å²) in [4.78, 5) is 35.4. The van der Waals surface area contributed by atoms with Gasteiger partial charge in [-0.15, -0.1) is 0 Å². The van der Waals surface area contributed by atoms with Crippen molar-refractivity contribution in [2.45, 2.75) is 6.54 Å². The van der Waals surface area contributed by atoms with Gasteiger partial charge in [-0.2, -0.15) is 0 Å². The van der Waals surface area contributed by atoms with E-state index in [-0.39, 0.29) is 5.57 Å². The average molecular weight is 405 g/mol. The third-order valence-electron chi connectivity index (χ3n) is 4.72. The molecule has 8 nitrogen and oxygen atoms in total. The molecule has 4 amide bonds. The molecule has 8 heteroatoms. The van der Waals surface area contributed by atoms with E-state index in [4.69, 9.17) is 9.47 Å². The minimum absolute atomic E-state index is 0.122. The predicted octanol–water partition coefficient (Wildman–Crippen LogP) is 2.48. The van der Waals surface area contributed by atoms with Gasteiger partial charge in [0.2, 0.25) is 0 Å². The smallest absolute Gasteiger partial charge is 0.328 e. The Kier molecular flexibility index (Phi) is 5.21. The van der Waals surface area contributed by atoms with Crippen LogP contribution in [0, 0.1) is 0 Å². The van der Waals surface area contributed by atoms with Gasteiger partial charge in [-0.25, -0.2) is 4.79 Å². The van der Waals surface area contributed by atoms with Gasteiger partial charge in [-0.1, -0.05) is 30.3 Å². The second-order valence-electron chi connectivity index (χ2n) is 6.59. The fraction of sp³-hybridized carbons (Fsp3) is 0.136. The zero-order valence-electron chi connectivity index (χ0n) is 16.2. The summed E-state index contributed by atoms with van der Waals surface area (Å²) in [6.07, 6.45) is 3.33. The number of methoxy groups -OCH3 is 1. The van der Waals surface area contributed by atoms with E-state index in [1.54, 1.807) is 7.11 Å². The van der Waals surface area contributed by atoms with Crippen molar-refractivity contribution in [3.05, 3.63) is 65.9 Å². The van der Waals surface area contributed by atoms with Gasteiger partial charge in [0.05, 0.1) is 13.7 Å². The number of imide groups is 2. The van der Waals surface area contributed by atoms with Gasteiger partial charge >= 0.3 is 6.03 Å². The van der Waals surface area contributed by atoms with Crippen molar-refractivity contribution in [3.63, 3.8) is 0 Å². The van der Waals surface area contributed by atoms with Crippen molar-refractivity contribution in [3.8, 4) is 11.5 Å². The molecule has 1 fully saturated rings. The number of carbonyl (C=O) groups excluding carboxylic acids is 3. The molecule has 2 N–H and O–H groups in total. The van der Waals surface area contributed by atoms with E-state index in [2.05, 4.69) is 10.6 Å². The monoisotopic (exact) mass is 405 g/mol. The Labute approximate surface area is 172 Å². The maximum absolute atomic E-state index is 12.1. The molecule has 1 aromatic heterocycles. The molecule has 30 heavy (non-hydrogen) atoms. The summed E-state index contributed by atoms with van der Waals surface area (Å²) in [5.74, 6) is -0.136. The van der Waals surface area contributed by atoms with E-state index in [1.807, 2.05) is 59.3 Å². The number of carbonyl (C=O) groups is 3. The molecule has 3 aromatic rings. The first-order valence-electron chi connectivity index (χ1n) is 9.29. The van der Waals surface area contributed by atoms with Crippen LogP contribution >= 0.6 is 0 Å². The first kappa shape index (κ1) is 19.3. The maximum atomic E-state index is 12.1. The van der Waals surface area contributed by atoms with Crippen LogP contribution in [-0.2, 0) is 16.1 Å². The van der Waals surface area contributed by atoms with Crippen LogP contribution in [0.3, 0.4) is 0 Å². The molecule has 1 aliphatic rings. The van der Waals surface area contributed by atoms with E-state index < -0.39 is 17.8 Å². The number of amides is 4. The van der Waals surface area contributed by atoms with Crippen molar-refractivity contribution in [1.82, 2.24) is 15.2 Å². The number of ether oxygens (including phenoxy) is 2. The summed E-state index contributed by atoms with van der Waals surface area (Å²) in [6, 6.07) is 14.2. The summed E-state index contributed by atoms with van der Waals surface area (Å²) in [5.41, 5.74) is 1.50. The zero-order valence-corrected chi connectivity index (χ0v) is 16.2. The molecule has 0 saturated carbocycles. The highest BCUT2D eigenvalue weighted by atomic mass is 16.5. The van der Waals surface area contributed by atoms with Crippen LogP contribution in [0.4, 0.5) is 4.79 Å². The largest absolute Gasteiger partial charge is 0.493 e. The number of rotatable bonds is 6. The number of nitrogens with zero attached hydrogens (tertiary/aromatic N) is 1. The molecule has 0 bridgehead atoms. The molecular weight excluding hydrogens is 386 g/mol. The van der Waals surface area contributed by atoms with Gasteiger partial charge in [-0.3, -0.25) is 20.2 Å². The van der Waals surface area contributed by atoms with E-state index in [0.29, 0.717) is 30.2 Å². The Morgan fingerprint density at radius 1 is 0.933 bits per heavy atom. The van der Waals surface area contributed by atoms with E-state index in [9.17, 15) is 14.4 Å². The van der Waals surface area contributed by atoms with Gasteiger partial charge in [0.25, 0.3) is 11.8 Å². The number of hydrogen-bond acceptors (Lipinski definition) is 5. The summed E-state index contributed by atoms with van der Waals surface area (Å²) < 4.78 is 13.1. The SMILES string of the molecule is COc1ccccc1OCCn1cc(C=C2C(=O)NC(=O)NC2=O)c2ccccc21. The van der Waals surface area contributed by atoms with Crippen molar-refractivity contribution in [1.29, 1.82) is 0 Å². The van der Waals surface area contributed by atoms with Gasteiger partial charge < -0.3 is 14.0 Å². The van der Waals surface area contributed by atoms with Crippen LogP contribution in [0.5, 0.6) is 11.5 Å². The Morgan fingerprint density at radius 3 is 2.33 bits per heavy atom. The third kappa shape index (κ3) is 3.75. The highest BCUT2D eigenvalue weighted by molar-refractivity contribution is 6.31. The predicted molar refractivity (Wildman–Crippen MR) is 110 cm³/mol. The Balaban J connectivity index is 1.60. The van der Waals surface area contributed by atoms with Gasteiger partial charge in [0.1, 0.15) is 12.2 Å². The van der Waals surface area contributed by atoms with E-state index >= 15 is 0 Å². The third-order valence-corrected chi connectivity index (χ3v) is 4.72. The Hall–Kier alpha value is -4.07. The molecule has 152 valence electrons. The molecule has 1 saturated heterocycles. The van der Waals surface area contributed by atoms with Crippen LogP contribution in [0.1, 0.15) is 5.56 Å². The van der Waals surface area contributed by atoms with Crippen molar-refractivity contribution < 1.29 is 23.9 Å². The van der Waals surface area contributed by atoms with Crippen LogP contribution in [0.15, 0.2) is 60.3 Å². The fourth-order valence-corrected chi connectivity index (χ4v) is 3.33. The summed E-state index contributed by atoms with van der Waals surface area (Å²) in [6.45, 7) is 0.934. The summed E-state index contributed by atoms with van der Waals surface area (Å²) in [5, 5.41) is 5.04. The number of urea groups is 1. The van der Waals surface area contributed by atoms with Gasteiger partial charge in [0, 0.05) is 22.7 Å². The number of hydrogen-bond donors (Lipinski definition) is 2. The lowest BCUT2D eigenvalue weighted by Crippen LogP contribution is -2.51. The van der Waals surface area contributed by atoms with Crippen LogP contribution in [0.2, 0.25) is 0 Å². The van der Waals surface area contributed by atoms with Crippen molar-refractivity contribution >= 4 is 34.8 Å². The minimum Gasteiger partial charge on any atom is -0.493 e. The molecule has 0 unspecified atom stereocenters. The lowest BCUT2D eigenvalue weighted by molar-refractivity contribution is -0.123. The molecule has 2 heterocycles. The van der Waals surface area contributed by atoms with Gasteiger partial charge in [0.15, 0.2) is 11.5 Å². The second kappa shape index (κ2) is 8.12. The second-order valence-corrected chi connectivity index (χ2v) is 6.59. The topological polar surface area (TPSA) is 98.7 Å². The number of barbiturate groups is 1. The fourth-order valence-electron chi connectivity index (χ4n) is 3.33. The van der Waals surface area contributed by atoms with Crippen LogP contribution < -0.4 is 20.1 Å². The molecule has 0 radical (unpaired) electrons. The number of nitrogens with one attached hydrogen (secondary N) is 2. The Morgan fingerprint density at radius 2 is 1.60 bits per heavy atom. The average Bonchev–Trinajstić information content (AvgIpc) is 3.09. The highest BCUT2D eigenvalue weighted by Crippen LogP contribution is 2.27. The molecule has 0 spiro atoms.